The molecule has 0 fully saturated rings. The van der Waals surface area contributed by atoms with E-state index < -0.39 is 10.7 Å². The normalized spacial score (nSPS) is 10.4. The van der Waals surface area contributed by atoms with E-state index in [0.29, 0.717) is 12.2 Å². The third kappa shape index (κ3) is 5.43. The molecule has 0 spiro atoms. The maximum absolute atomic E-state index is 10.8. The zero-order chi connectivity index (χ0) is 18.2. The number of nitrogens with zero attached hydrogens (tertiary/aromatic N) is 2. The monoisotopic (exact) mass is 360 g/mol. The van der Waals surface area contributed by atoms with Gasteiger partial charge in [0.25, 0.3) is 0 Å². The molecule has 0 aromatic heterocycles. The number of phenolic OH excluding ortho intramolecular Hbond substituents is 1. The van der Waals surface area contributed by atoms with Gasteiger partial charge >= 0.3 is 5.69 Å². The van der Waals surface area contributed by atoms with Crippen LogP contribution >= 0.6 is 12.2 Å². The minimum absolute atomic E-state index is 0.258. The second kappa shape index (κ2) is 8.60. The van der Waals surface area contributed by atoms with Crippen LogP contribution in [0, 0.1) is 10.1 Å². The van der Waals surface area contributed by atoms with Gasteiger partial charge in [0.05, 0.1) is 17.7 Å². The van der Waals surface area contributed by atoms with Crippen LogP contribution in [0.3, 0.4) is 0 Å². The number of benzene rings is 2. The Morgan fingerprint density at radius 3 is 2.72 bits per heavy atom. The number of nitro benzene ring substituents is 1. The fourth-order valence-electron chi connectivity index (χ4n) is 1.89. The number of rotatable bonds is 6. The maximum Gasteiger partial charge on any atom is 0.311 e. The average molecular weight is 360 g/mol. The molecule has 0 atom stereocenters. The highest BCUT2D eigenvalue weighted by Gasteiger charge is 2.12. The maximum atomic E-state index is 10.8. The zero-order valence-electron chi connectivity index (χ0n) is 13.3. The number of ether oxygens (including phenoxy) is 1. The van der Waals surface area contributed by atoms with Crippen molar-refractivity contribution in [2.24, 2.45) is 5.10 Å². The first-order valence-electron chi connectivity index (χ1n) is 7.30. The Kier molecular flexibility index (Phi) is 6.24. The van der Waals surface area contributed by atoms with Crippen LogP contribution in [0.5, 0.6) is 11.5 Å². The number of thiocarbonyl (C=S) groups is 1. The number of anilines is 1. The first-order valence-corrected chi connectivity index (χ1v) is 7.70. The van der Waals surface area contributed by atoms with Gasteiger partial charge in [0.15, 0.2) is 10.9 Å². The summed E-state index contributed by atoms with van der Waals surface area (Å²) in [6.45, 7) is 2.50. The van der Waals surface area contributed by atoms with Crippen LogP contribution in [-0.2, 0) is 0 Å². The summed E-state index contributed by atoms with van der Waals surface area (Å²) < 4.78 is 5.35. The molecule has 0 saturated carbocycles. The fraction of sp³-hybridized carbons (Fsp3) is 0.125. The molecule has 0 radical (unpaired) electrons. The molecule has 0 aliphatic rings. The van der Waals surface area contributed by atoms with E-state index in [2.05, 4.69) is 15.8 Å². The lowest BCUT2D eigenvalue weighted by Gasteiger charge is -2.08. The summed E-state index contributed by atoms with van der Waals surface area (Å²) >= 11 is 5.11. The Bertz CT molecular complexity index is 793. The van der Waals surface area contributed by atoms with Crippen molar-refractivity contribution in [3.8, 4) is 11.5 Å². The van der Waals surface area contributed by atoms with Crippen molar-refractivity contribution in [1.29, 1.82) is 0 Å². The highest BCUT2D eigenvalue weighted by molar-refractivity contribution is 7.80. The first-order chi connectivity index (χ1) is 12.0. The molecule has 25 heavy (non-hydrogen) atoms. The molecule has 0 bridgehead atoms. The number of hydrogen-bond donors (Lipinski definition) is 3. The smallest absolute Gasteiger partial charge is 0.311 e. The van der Waals surface area contributed by atoms with Gasteiger partial charge in [-0.2, -0.15) is 5.10 Å². The lowest BCUT2D eigenvalue weighted by molar-refractivity contribution is -0.385. The topological polar surface area (TPSA) is 109 Å². The molecular weight excluding hydrogens is 344 g/mol. The lowest BCUT2D eigenvalue weighted by atomic mass is 10.2. The van der Waals surface area contributed by atoms with Crippen LogP contribution in [0.4, 0.5) is 11.4 Å². The third-order valence-electron chi connectivity index (χ3n) is 3.00. The second-order valence-corrected chi connectivity index (χ2v) is 5.20. The fourth-order valence-corrected chi connectivity index (χ4v) is 2.06. The number of nitro groups is 1. The summed E-state index contributed by atoms with van der Waals surface area (Å²) in [4.78, 5) is 10.1. The van der Waals surface area contributed by atoms with Crippen LogP contribution in [-0.4, -0.2) is 28.0 Å². The summed E-state index contributed by atoms with van der Waals surface area (Å²) in [6.07, 6.45) is 1.36. The SMILES string of the molecule is CCOc1ccc(NC(=S)N/N=C\c2ccc(O)c([N+](=O)[O-])c2)cc1. The Labute approximate surface area is 149 Å². The number of nitrogens with one attached hydrogen (secondary N) is 2. The number of aromatic hydroxyl groups is 1. The van der Waals surface area contributed by atoms with Gasteiger partial charge in [-0.15, -0.1) is 0 Å². The average Bonchev–Trinajstić information content (AvgIpc) is 2.58. The second-order valence-electron chi connectivity index (χ2n) is 4.79. The van der Waals surface area contributed by atoms with Gasteiger partial charge in [-0.05, 0) is 55.5 Å². The third-order valence-corrected chi connectivity index (χ3v) is 3.19. The summed E-state index contributed by atoms with van der Waals surface area (Å²) in [5.41, 5.74) is 3.42. The summed E-state index contributed by atoms with van der Waals surface area (Å²) in [5, 5.41) is 27.3. The van der Waals surface area contributed by atoms with E-state index in [1.807, 2.05) is 31.2 Å². The largest absolute Gasteiger partial charge is 0.502 e. The van der Waals surface area contributed by atoms with Crippen LogP contribution in [0.1, 0.15) is 12.5 Å². The minimum Gasteiger partial charge on any atom is -0.502 e. The van der Waals surface area contributed by atoms with Crippen molar-refractivity contribution in [3.05, 3.63) is 58.1 Å². The molecule has 0 unspecified atom stereocenters. The molecular formula is C16H16N4O4S. The van der Waals surface area contributed by atoms with E-state index in [4.69, 9.17) is 17.0 Å². The molecule has 3 N–H and O–H groups in total. The summed E-state index contributed by atoms with van der Waals surface area (Å²) in [6, 6.07) is 11.2. The van der Waals surface area contributed by atoms with Crippen LogP contribution in [0.25, 0.3) is 0 Å². The van der Waals surface area contributed by atoms with Crippen molar-refractivity contribution in [3.63, 3.8) is 0 Å². The standard InChI is InChI=1S/C16H16N4O4S/c1-2-24-13-6-4-12(5-7-13)18-16(25)19-17-10-11-3-8-15(21)14(9-11)20(22)23/h3-10,21H,2H2,1H3,(H2,18,19,25)/b17-10-. The van der Waals surface area contributed by atoms with Crippen LogP contribution < -0.4 is 15.5 Å². The van der Waals surface area contributed by atoms with Crippen molar-refractivity contribution in [2.45, 2.75) is 6.92 Å². The first kappa shape index (κ1) is 18.1. The molecule has 2 rings (SSSR count). The van der Waals surface area contributed by atoms with Crippen molar-refractivity contribution in [1.82, 2.24) is 5.43 Å². The van der Waals surface area contributed by atoms with E-state index in [0.717, 1.165) is 11.4 Å². The van der Waals surface area contributed by atoms with Gasteiger partial charge in [-0.25, -0.2) is 0 Å². The van der Waals surface area contributed by atoms with E-state index in [-0.39, 0.29) is 10.8 Å². The predicted octanol–water partition coefficient (Wildman–Crippen LogP) is 3.02. The molecule has 0 saturated heterocycles. The molecule has 8 nitrogen and oxygen atoms in total. The van der Waals surface area contributed by atoms with Crippen molar-refractivity contribution >= 4 is 34.9 Å². The van der Waals surface area contributed by atoms with Crippen LogP contribution in [0.2, 0.25) is 0 Å². The van der Waals surface area contributed by atoms with Gasteiger partial charge in [-0.1, -0.05) is 0 Å². The molecule has 2 aromatic rings. The van der Waals surface area contributed by atoms with Crippen LogP contribution in [0.15, 0.2) is 47.6 Å². The van der Waals surface area contributed by atoms with E-state index >= 15 is 0 Å². The Hall–Kier alpha value is -3.20. The number of phenols is 1. The number of hydrogen-bond acceptors (Lipinski definition) is 6. The Morgan fingerprint density at radius 2 is 2.08 bits per heavy atom. The lowest BCUT2D eigenvalue weighted by Crippen LogP contribution is -2.23. The van der Waals surface area contributed by atoms with Gasteiger partial charge in [-0.3, -0.25) is 15.5 Å². The molecule has 2 aromatic carbocycles. The van der Waals surface area contributed by atoms with E-state index in [1.54, 1.807) is 0 Å². The molecule has 0 amide bonds. The minimum atomic E-state index is -0.668. The predicted molar refractivity (Wildman–Crippen MR) is 99.3 cm³/mol. The van der Waals surface area contributed by atoms with Gasteiger partial charge < -0.3 is 15.2 Å². The molecule has 0 aliphatic heterocycles. The Balaban J connectivity index is 1.92. The summed E-state index contributed by atoms with van der Waals surface area (Å²) in [7, 11) is 0. The van der Waals surface area contributed by atoms with Gasteiger partial charge in [0, 0.05) is 17.3 Å². The van der Waals surface area contributed by atoms with Crippen molar-refractivity contribution < 1.29 is 14.8 Å². The van der Waals surface area contributed by atoms with E-state index in [1.165, 1.54) is 24.4 Å². The number of hydrazone groups is 1. The molecule has 0 aliphatic carbocycles. The van der Waals surface area contributed by atoms with Gasteiger partial charge in [0.1, 0.15) is 5.75 Å². The quantitative estimate of drug-likeness (QED) is 0.314. The highest BCUT2D eigenvalue weighted by atomic mass is 32.1. The van der Waals surface area contributed by atoms with Crippen molar-refractivity contribution in [2.75, 3.05) is 11.9 Å². The molecule has 9 heteroatoms. The molecule has 130 valence electrons. The van der Waals surface area contributed by atoms with E-state index in [9.17, 15) is 15.2 Å². The van der Waals surface area contributed by atoms with Gasteiger partial charge in [0.2, 0.25) is 0 Å². The molecule has 0 heterocycles. The summed E-state index contributed by atoms with van der Waals surface area (Å²) in [5.74, 6) is 0.363. The zero-order valence-corrected chi connectivity index (χ0v) is 14.1. The highest BCUT2D eigenvalue weighted by Crippen LogP contribution is 2.25. The Morgan fingerprint density at radius 1 is 1.36 bits per heavy atom.